The third-order valence-electron chi connectivity index (χ3n) is 3.86. The van der Waals surface area contributed by atoms with Crippen molar-refractivity contribution in [3.63, 3.8) is 0 Å². The second-order valence-corrected chi connectivity index (χ2v) is 5.22. The van der Waals surface area contributed by atoms with Gasteiger partial charge in [0.2, 0.25) is 11.8 Å². The number of carbonyl (C=O) groups excluding carboxylic acids is 2. The van der Waals surface area contributed by atoms with E-state index in [0.29, 0.717) is 25.5 Å². The first-order valence-electron chi connectivity index (χ1n) is 6.82. The highest BCUT2D eigenvalue weighted by molar-refractivity contribution is 5.96. The van der Waals surface area contributed by atoms with Gasteiger partial charge in [-0.25, -0.2) is 0 Å². The van der Waals surface area contributed by atoms with Gasteiger partial charge < -0.3 is 15.0 Å². The maximum Gasteiger partial charge on any atom is 0.245 e. The highest BCUT2D eigenvalue weighted by Crippen LogP contribution is 2.19. The summed E-state index contributed by atoms with van der Waals surface area (Å²) in [5.41, 5.74) is 0. The number of hydrogen-bond donors (Lipinski definition) is 1. The van der Waals surface area contributed by atoms with Gasteiger partial charge >= 0.3 is 0 Å². The van der Waals surface area contributed by atoms with Crippen molar-refractivity contribution < 1.29 is 14.3 Å². The zero-order chi connectivity index (χ0) is 13.1. The van der Waals surface area contributed by atoms with Crippen LogP contribution in [0.5, 0.6) is 0 Å². The summed E-state index contributed by atoms with van der Waals surface area (Å²) in [6.07, 6.45) is 2.77. The van der Waals surface area contributed by atoms with Crippen molar-refractivity contribution in [2.45, 2.75) is 45.2 Å². The smallest absolute Gasteiger partial charge is 0.245 e. The van der Waals surface area contributed by atoms with Crippen LogP contribution in [0.2, 0.25) is 0 Å². The fourth-order valence-corrected chi connectivity index (χ4v) is 2.64. The zero-order valence-corrected chi connectivity index (χ0v) is 11.1. The van der Waals surface area contributed by atoms with Crippen LogP contribution in [0.3, 0.4) is 0 Å². The van der Waals surface area contributed by atoms with Gasteiger partial charge in [-0.1, -0.05) is 6.92 Å². The Bertz CT molecular complexity index is 326. The molecule has 0 aliphatic carbocycles. The maximum atomic E-state index is 12.3. The number of carbonyl (C=O) groups is 2. The van der Waals surface area contributed by atoms with Crippen LogP contribution < -0.4 is 5.32 Å². The summed E-state index contributed by atoms with van der Waals surface area (Å²) < 4.78 is 5.44. The molecule has 1 N–H and O–H groups in total. The Morgan fingerprint density at radius 3 is 2.83 bits per heavy atom. The van der Waals surface area contributed by atoms with E-state index in [2.05, 4.69) is 5.32 Å². The van der Waals surface area contributed by atoms with Crippen LogP contribution >= 0.6 is 0 Å². The van der Waals surface area contributed by atoms with E-state index in [0.717, 1.165) is 19.4 Å². The van der Waals surface area contributed by atoms with Crippen LogP contribution in [0.25, 0.3) is 0 Å². The van der Waals surface area contributed by atoms with E-state index in [-0.39, 0.29) is 23.9 Å². The lowest BCUT2D eigenvalue weighted by Crippen LogP contribution is -2.63. The fraction of sp³-hybridized carbons (Fsp3) is 0.846. The summed E-state index contributed by atoms with van der Waals surface area (Å²) in [4.78, 5) is 25.8. The molecule has 0 aromatic carbocycles. The average Bonchev–Trinajstić information content (AvgIpc) is 2.40. The summed E-state index contributed by atoms with van der Waals surface area (Å²) in [7, 11) is 0. The number of nitrogens with one attached hydrogen (secondary N) is 1. The summed E-state index contributed by atoms with van der Waals surface area (Å²) in [5.74, 6) is 0.377. The van der Waals surface area contributed by atoms with Crippen molar-refractivity contribution in [3.05, 3.63) is 0 Å². The third-order valence-corrected chi connectivity index (χ3v) is 3.86. The molecule has 2 rings (SSSR count). The molecule has 2 fully saturated rings. The van der Waals surface area contributed by atoms with Crippen LogP contribution in [0.4, 0.5) is 0 Å². The zero-order valence-electron chi connectivity index (χ0n) is 11.1. The Balaban J connectivity index is 2.02. The third kappa shape index (κ3) is 2.66. The van der Waals surface area contributed by atoms with Crippen molar-refractivity contribution in [1.29, 1.82) is 0 Å². The fourth-order valence-electron chi connectivity index (χ4n) is 2.64. The SMILES string of the molecule is CCC1NC(=O)C(C)N(CC2CCCOC2)C1=O. The first kappa shape index (κ1) is 13.3. The normalized spacial score (nSPS) is 33.4. The molecule has 102 valence electrons. The summed E-state index contributed by atoms with van der Waals surface area (Å²) in [6.45, 7) is 5.88. The van der Waals surface area contributed by atoms with E-state index in [9.17, 15) is 9.59 Å². The quantitative estimate of drug-likeness (QED) is 0.799. The molecule has 2 amide bonds. The number of hydrogen-bond acceptors (Lipinski definition) is 3. The minimum atomic E-state index is -0.359. The van der Waals surface area contributed by atoms with Gasteiger partial charge in [0.15, 0.2) is 0 Å². The molecule has 3 unspecified atom stereocenters. The molecule has 0 bridgehead atoms. The summed E-state index contributed by atoms with van der Waals surface area (Å²) in [6, 6.07) is -0.708. The van der Waals surface area contributed by atoms with Gasteiger partial charge in [-0.05, 0) is 32.1 Å². The minimum absolute atomic E-state index is 0.0434. The van der Waals surface area contributed by atoms with Gasteiger partial charge in [0.05, 0.1) is 6.61 Å². The van der Waals surface area contributed by atoms with Crippen LogP contribution in [0, 0.1) is 5.92 Å². The van der Waals surface area contributed by atoms with Crippen LogP contribution in [0.15, 0.2) is 0 Å². The Morgan fingerprint density at radius 1 is 1.44 bits per heavy atom. The Hall–Kier alpha value is -1.10. The lowest BCUT2D eigenvalue weighted by atomic mass is 9.98. The number of ether oxygens (including phenoxy) is 1. The summed E-state index contributed by atoms with van der Waals surface area (Å²) in [5, 5.41) is 2.77. The molecule has 5 nitrogen and oxygen atoms in total. The van der Waals surface area contributed by atoms with Crippen LogP contribution in [-0.2, 0) is 14.3 Å². The lowest BCUT2D eigenvalue weighted by Gasteiger charge is -2.39. The van der Waals surface area contributed by atoms with E-state index in [4.69, 9.17) is 4.74 Å². The molecule has 5 heteroatoms. The topological polar surface area (TPSA) is 58.6 Å². The monoisotopic (exact) mass is 254 g/mol. The highest BCUT2D eigenvalue weighted by atomic mass is 16.5. The Kier molecular flexibility index (Phi) is 4.22. The molecule has 18 heavy (non-hydrogen) atoms. The van der Waals surface area contributed by atoms with Gasteiger partial charge in [0.1, 0.15) is 12.1 Å². The molecule has 2 saturated heterocycles. The average molecular weight is 254 g/mol. The molecule has 0 aromatic rings. The molecule has 0 spiro atoms. The second kappa shape index (κ2) is 5.69. The van der Waals surface area contributed by atoms with Crippen LogP contribution in [0.1, 0.15) is 33.1 Å². The molecule has 3 atom stereocenters. The van der Waals surface area contributed by atoms with E-state index in [1.165, 1.54) is 0 Å². The number of piperazine rings is 1. The van der Waals surface area contributed by atoms with Crippen LogP contribution in [-0.4, -0.2) is 48.6 Å². The van der Waals surface area contributed by atoms with Gasteiger partial charge in [-0.3, -0.25) is 9.59 Å². The highest BCUT2D eigenvalue weighted by Gasteiger charge is 2.38. The lowest BCUT2D eigenvalue weighted by molar-refractivity contribution is -0.150. The number of amides is 2. The molecule has 0 aromatic heterocycles. The van der Waals surface area contributed by atoms with Gasteiger partial charge in [-0.2, -0.15) is 0 Å². The van der Waals surface area contributed by atoms with E-state index in [1.54, 1.807) is 11.8 Å². The number of rotatable bonds is 3. The van der Waals surface area contributed by atoms with Crippen molar-refractivity contribution in [1.82, 2.24) is 10.2 Å². The van der Waals surface area contributed by atoms with E-state index in [1.807, 2.05) is 6.92 Å². The summed E-state index contributed by atoms with van der Waals surface area (Å²) >= 11 is 0. The molecular weight excluding hydrogens is 232 g/mol. The first-order valence-corrected chi connectivity index (χ1v) is 6.82. The first-order chi connectivity index (χ1) is 8.63. The Labute approximate surface area is 108 Å². The van der Waals surface area contributed by atoms with Crippen molar-refractivity contribution in [2.75, 3.05) is 19.8 Å². The standard InChI is InChI=1S/C13H22N2O3/c1-3-11-13(17)15(9(2)12(16)14-11)7-10-5-4-6-18-8-10/h9-11H,3-8H2,1-2H3,(H,14,16). The molecule has 2 aliphatic heterocycles. The predicted molar refractivity (Wildman–Crippen MR) is 66.9 cm³/mol. The van der Waals surface area contributed by atoms with Gasteiger partial charge in [-0.15, -0.1) is 0 Å². The maximum absolute atomic E-state index is 12.3. The predicted octanol–water partition coefficient (Wildman–Crippen LogP) is 0.538. The largest absolute Gasteiger partial charge is 0.381 e. The van der Waals surface area contributed by atoms with E-state index < -0.39 is 0 Å². The molecular formula is C13H22N2O3. The molecule has 2 heterocycles. The Morgan fingerprint density at radius 2 is 2.22 bits per heavy atom. The number of nitrogens with zero attached hydrogens (tertiary/aromatic N) is 1. The van der Waals surface area contributed by atoms with Gasteiger partial charge in [0, 0.05) is 13.2 Å². The van der Waals surface area contributed by atoms with Gasteiger partial charge in [0.25, 0.3) is 0 Å². The molecule has 2 aliphatic rings. The van der Waals surface area contributed by atoms with Crippen molar-refractivity contribution in [2.24, 2.45) is 5.92 Å². The molecule has 0 saturated carbocycles. The minimum Gasteiger partial charge on any atom is -0.381 e. The van der Waals surface area contributed by atoms with Crippen molar-refractivity contribution >= 4 is 11.8 Å². The second-order valence-electron chi connectivity index (χ2n) is 5.22. The van der Waals surface area contributed by atoms with E-state index >= 15 is 0 Å². The molecule has 0 radical (unpaired) electrons. The van der Waals surface area contributed by atoms with Crippen molar-refractivity contribution in [3.8, 4) is 0 Å².